The van der Waals surface area contributed by atoms with Gasteiger partial charge in [0.05, 0.1) is 0 Å². The lowest BCUT2D eigenvalue weighted by Crippen LogP contribution is -2.30. The molecular weight excluding hydrogens is 745 g/mol. The molecule has 0 aromatic carbocycles. The van der Waals surface area contributed by atoms with Gasteiger partial charge < -0.3 is 14.2 Å². The van der Waals surface area contributed by atoms with Gasteiger partial charge in [-0.3, -0.25) is 14.4 Å². The molecule has 0 N–H and O–H groups in total. The van der Waals surface area contributed by atoms with Gasteiger partial charge in [-0.1, -0.05) is 191 Å². The molecule has 0 fully saturated rings. The zero-order valence-electron chi connectivity index (χ0n) is 39.5. The molecule has 0 spiro atoms. The van der Waals surface area contributed by atoms with Crippen LogP contribution in [-0.4, -0.2) is 37.2 Å². The summed E-state index contributed by atoms with van der Waals surface area (Å²) < 4.78 is 16.7. The van der Waals surface area contributed by atoms with Gasteiger partial charge in [0.15, 0.2) is 6.10 Å². The molecule has 346 valence electrons. The number of allylic oxidation sites excluding steroid dienone is 10. The molecule has 6 nitrogen and oxygen atoms in total. The number of hydrogen-bond acceptors (Lipinski definition) is 6. The molecular formula is C54H94O6. The monoisotopic (exact) mass is 839 g/mol. The summed E-state index contributed by atoms with van der Waals surface area (Å²) in [7, 11) is 0. The number of carbonyl (C=O) groups is 3. The quantitative estimate of drug-likeness (QED) is 0.0263. The van der Waals surface area contributed by atoms with Crippen LogP contribution >= 0.6 is 0 Å². The van der Waals surface area contributed by atoms with Gasteiger partial charge in [0.2, 0.25) is 0 Å². The van der Waals surface area contributed by atoms with Crippen molar-refractivity contribution in [1.82, 2.24) is 0 Å². The SMILES string of the molecule is CCCCC/C=C\C/C=C\CCCCCCCCCC(=O)OCC(COC(=O)CCCCCCC/C=C\CCCCC)OC(=O)CC/C=C\C/C=C\CCCCCCCC. The van der Waals surface area contributed by atoms with Crippen LogP contribution in [0.15, 0.2) is 60.8 Å². The molecule has 0 heterocycles. The Balaban J connectivity index is 4.44. The smallest absolute Gasteiger partial charge is 0.306 e. The maximum absolute atomic E-state index is 12.7. The van der Waals surface area contributed by atoms with Gasteiger partial charge in [-0.25, -0.2) is 0 Å². The Morgan fingerprint density at radius 1 is 0.333 bits per heavy atom. The third-order valence-electron chi connectivity index (χ3n) is 10.7. The predicted molar refractivity (Wildman–Crippen MR) is 256 cm³/mol. The highest BCUT2D eigenvalue weighted by molar-refractivity contribution is 5.71. The van der Waals surface area contributed by atoms with Crippen LogP contribution in [0.4, 0.5) is 0 Å². The number of unbranched alkanes of at least 4 members (excludes halogenated alkanes) is 24. The van der Waals surface area contributed by atoms with Crippen molar-refractivity contribution in [2.45, 2.75) is 252 Å². The molecule has 0 aliphatic rings. The van der Waals surface area contributed by atoms with Crippen molar-refractivity contribution in [2.75, 3.05) is 13.2 Å². The summed E-state index contributed by atoms with van der Waals surface area (Å²) in [5.41, 5.74) is 0. The molecule has 0 radical (unpaired) electrons. The second-order valence-corrected chi connectivity index (χ2v) is 16.7. The van der Waals surface area contributed by atoms with E-state index < -0.39 is 6.10 Å². The topological polar surface area (TPSA) is 78.9 Å². The number of rotatable bonds is 45. The van der Waals surface area contributed by atoms with E-state index in [4.69, 9.17) is 14.2 Å². The molecule has 60 heavy (non-hydrogen) atoms. The highest BCUT2D eigenvalue weighted by Crippen LogP contribution is 2.13. The molecule has 0 aliphatic carbocycles. The molecule has 1 atom stereocenters. The first-order valence-electron chi connectivity index (χ1n) is 25.3. The molecule has 0 saturated carbocycles. The minimum atomic E-state index is -0.809. The van der Waals surface area contributed by atoms with Crippen molar-refractivity contribution in [2.24, 2.45) is 0 Å². The summed E-state index contributed by atoms with van der Waals surface area (Å²) in [6.07, 6.45) is 59.3. The molecule has 0 aromatic heterocycles. The van der Waals surface area contributed by atoms with Crippen molar-refractivity contribution in [3.63, 3.8) is 0 Å². The second kappa shape index (κ2) is 48.8. The minimum absolute atomic E-state index is 0.103. The second-order valence-electron chi connectivity index (χ2n) is 16.7. The van der Waals surface area contributed by atoms with E-state index in [0.717, 1.165) is 70.6 Å². The molecule has 1 unspecified atom stereocenters. The zero-order chi connectivity index (χ0) is 43.7. The Morgan fingerprint density at radius 2 is 0.633 bits per heavy atom. The van der Waals surface area contributed by atoms with Crippen LogP contribution in [0.3, 0.4) is 0 Å². The number of carbonyl (C=O) groups excluding carboxylic acids is 3. The van der Waals surface area contributed by atoms with E-state index in [1.165, 1.54) is 128 Å². The van der Waals surface area contributed by atoms with Crippen molar-refractivity contribution >= 4 is 17.9 Å². The first-order valence-corrected chi connectivity index (χ1v) is 25.3. The lowest BCUT2D eigenvalue weighted by molar-refractivity contribution is -0.166. The summed E-state index contributed by atoms with van der Waals surface area (Å²) >= 11 is 0. The van der Waals surface area contributed by atoms with E-state index in [1.807, 2.05) is 6.08 Å². The van der Waals surface area contributed by atoms with Gasteiger partial charge in [-0.15, -0.1) is 0 Å². The molecule has 0 bridgehead atoms. The average Bonchev–Trinajstić information content (AvgIpc) is 3.24. The lowest BCUT2D eigenvalue weighted by atomic mass is 10.1. The maximum Gasteiger partial charge on any atom is 0.306 e. The highest BCUT2D eigenvalue weighted by atomic mass is 16.6. The normalized spacial score (nSPS) is 12.5. The summed E-state index contributed by atoms with van der Waals surface area (Å²) in [6, 6.07) is 0. The Labute approximate surface area is 370 Å². The van der Waals surface area contributed by atoms with Crippen LogP contribution in [0.5, 0.6) is 0 Å². The number of esters is 3. The fourth-order valence-corrected chi connectivity index (χ4v) is 6.87. The fourth-order valence-electron chi connectivity index (χ4n) is 6.87. The summed E-state index contributed by atoms with van der Waals surface area (Å²) in [5, 5.41) is 0. The largest absolute Gasteiger partial charge is 0.462 e. The standard InChI is InChI=1S/C54H94O6/c1-4-7-10-13-16-19-22-25-26-27-28-30-32-35-38-41-44-47-53(56)59-50-51(49-58-52(55)46-43-40-37-34-31-24-21-18-15-12-9-6-3)60-54(57)48-45-42-39-36-33-29-23-20-17-14-11-8-5-2/h16,18-19,21,25-26,29,33,39,42,51H,4-15,17,20,22-24,27-28,30-32,34-38,40-41,43-50H2,1-3H3/b19-16-,21-18-,26-25-,33-29-,42-39-. The van der Waals surface area contributed by atoms with Gasteiger partial charge in [-0.05, 0) is 96.3 Å². The first kappa shape index (κ1) is 57.1. The van der Waals surface area contributed by atoms with Crippen molar-refractivity contribution in [3.05, 3.63) is 60.8 Å². The fraction of sp³-hybridized carbons (Fsp3) is 0.759. The van der Waals surface area contributed by atoms with Gasteiger partial charge in [0.1, 0.15) is 13.2 Å². The van der Waals surface area contributed by atoms with E-state index in [0.29, 0.717) is 19.3 Å². The lowest BCUT2D eigenvalue weighted by Gasteiger charge is -2.18. The van der Waals surface area contributed by atoms with Crippen LogP contribution in [0.25, 0.3) is 0 Å². The number of ether oxygens (including phenoxy) is 3. The molecule has 0 aromatic rings. The van der Waals surface area contributed by atoms with Crippen LogP contribution in [0.1, 0.15) is 245 Å². The van der Waals surface area contributed by atoms with Gasteiger partial charge in [0.25, 0.3) is 0 Å². The molecule has 0 aliphatic heterocycles. The van der Waals surface area contributed by atoms with Crippen LogP contribution < -0.4 is 0 Å². The van der Waals surface area contributed by atoms with E-state index in [2.05, 4.69) is 75.5 Å². The molecule has 0 saturated heterocycles. The maximum atomic E-state index is 12.7. The van der Waals surface area contributed by atoms with E-state index in [-0.39, 0.29) is 37.5 Å². The third-order valence-corrected chi connectivity index (χ3v) is 10.7. The minimum Gasteiger partial charge on any atom is -0.462 e. The number of hydrogen-bond donors (Lipinski definition) is 0. The third kappa shape index (κ3) is 46.2. The van der Waals surface area contributed by atoms with E-state index in [1.54, 1.807) is 0 Å². The van der Waals surface area contributed by atoms with Gasteiger partial charge >= 0.3 is 17.9 Å². The average molecular weight is 839 g/mol. The van der Waals surface area contributed by atoms with E-state index >= 15 is 0 Å². The summed E-state index contributed by atoms with van der Waals surface area (Å²) in [4.78, 5) is 37.9. The highest BCUT2D eigenvalue weighted by Gasteiger charge is 2.19. The Morgan fingerprint density at radius 3 is 1.03 bits per heavy atom. The Hall–Kier alpha value is -2.89. The molecule has 0 rings (SSSR count). The van der Waals surface area contributed by atoms with Crippen molar-refractivity contribution in [3.8, 4) is 0 Å². The Kier molecular flexibility index (Phi) is 46.4. The zero-order valence-corrected chi connectivity index (χ0v) is 39.5. The summed E-state index contributed by atoms with van der Waals surface area (Å²) in [6.45, 7) is 6.51. The van der Waals surface area contributed by atoms with Gasteiger partial charge in [-0.2, -0.15) is 0 Å². The predicted octanol–water partition coefficient (Wildman–Crippen LogP) is 16.5. The Bertz CT molecular complexity index is 1100. The van der Waals surface area contributed by atoms with Crippen molar-refractivity contribution < 1.29 is 28.6 Å². The molecule has 6 heteroatoms. The van der Waals surface area contributed by atoms with Crippen LogP contribution in [-0.2, 0) is 28.6 Å². The van der Waals surface area contributed by atoms with Gasteiger partial charge in [0, 0.05) is 19.3 Å². The van der Waals surface area contributed by atoms with E-state index in [9.17, 15) is 14.4 Å². The molecule has 0 amide bonds. The van der Waals surface area contributed by atoms with Crippen molar-refractivity contribution in [1.29, 1.82) is 0 Å². The first-order chi connectivity index (χ1) is 29.5. The summed E-state index contributed by atoms with van der Waals surface area (Å²) in [5.74, 6) is -0.987. The van der Waals surface area contributed by atoms with Crippen LogP contribution in [0.2, 0.25) is 0 Å². The van der Waals surface area contributed by atoms with Crippen LogP contribution in [0, 0.1) is 0 Å².